The Morgan fingerprint density at radius 1 is 1.50 bits per heavy atom. The molecular formula is C18H29N3O3. The monoisotopic (exact) mass is 335 g/mol. The van der Waals surface area contributed by atoms with Crippen LogP contribution in [0.1, 0.15) is 39.3 Å². The molecule has 24 heavy (non-hydrogen) atoms. The first-order valence-electron chi connectivity index (χ1n) is 8.43. The average molecular weight is 335 g/mol. The van der Waals surface area contributed by atoms with E-state index in [4.69, 9.17) is 9.47 Å². The first kappa shape index (κ1) is 18.8. The summed E-state index contributed by atoms with van der Waals surface area (Å²) >= 11 is 0. The fourth-order valence-electron chi connectivity index (χ4n) is 2.78. The Hall–Kier alpha value is -1.50. The van der Waals surface area contributed by atoms with E-state index in [-0.39, 0.29) is 23.7 Å². The molecule has 0 aliphatic carbocycles. The molecule has 1 saturated heterocycles. The normalized spacial score (nSPS) is 21.2. The topological polar surface area (TPSA) is 63.7 Å². The van der Waals surface area contributed by atoms with E-state index in [1.165, 1.54) is 0 Å². The zero-order valence-electron chi connectivity index (χ0n) is 15.3. The number of amides is 1. The largest absolute Gasteiger partial charge is 0.383 e. The van der Waals surface area contributed by atoms with Gasteiger partial charge in [0.2, 0.25) is 0 Å². The van der Waals surface area contributed by atoms with Crippen LogP contribution in [-0.4, -0.2) is 54.3 Å². The Kier molecular flexibility index (Phi) is 6.32. The van der Waals surface area contributed by atoms with Crippen LogP contribution in [0.4, 0.5) is 5.69 Å². The minimum Gasteiger partial charge on any atom is -0.383 e. The number of methoxy groups -OCH3 is 1. The van der Waals surface area contributed by atoms with Crippen molar-refractivity contribution in [2.24, 2.45) is 0 Å². The lowest BCUT2D eigenvalue weighted by molar-refractivity contribution is -0.126. The number of anilines is 1. The van der Waals surface area contributed by atoms with Gasteiger partial charge in [-0.25, -0.2) is 0 Å². The zero-order valence-corrected chi connectivity index (χ0v) is 15.3. The maximum atomic E-state index is 12.3. The number of pyridine rings is 1. The van der Waals surface area contributed by atoms with Gasteiger partial charge in [0, 0.05) is 31.1 Å². The lowest BCUT2D eigenvalue weighted by atomic mass is 10.0. The second-order valence-electron chi connectivity index (χ2n) is 7.14. The van der Waals surface area contributed by atoms with Crippen LogP contribution in [0.15, 0.2) is 18.3 Å². The molecule has 2 unspecified atom stereocenters. The van der Waals surface area contributed by atoms with Gasteiger partial charge < -0.3 is 14.8 Å². The summed E-state index contributed by atoms with van der Waals surface area (Å²) in [7, 11) is 3.75. The maximum Gasteiger partial charge on any atom is 0.253 e. The van der Waals surface area contributed by atoms with Gasteiger partial charge in [-0.15, -0.1) is 0 Å². The van der Waals surface area contributed by atoms with E-state index in [2.05, 4.69) is 29.0 Å². The first-order chi connectivity index (χ1) is 11.3. The van der Waals surface area contributed by atoms with Crippen molar-refractivity contribution in [2.45, 2.75) is 57.9 Å². The van der Waals surface area contributed by atoms with Gasteiger partial charge in [0.1, 0.15) is 6.10 Å². The molecule has 6 heteroatoms. The maximum absolute atomic E-state index is 12.3. The Bertz CT molecular complexity index is 562. The molecule has 2 rings (SSSR count). The van der Waals surface area contributed by atoms with Crippen molar-refractivity contribution in [1.29, 1.82) is 0 Å². The van der Waals surface area contributed by atoms with E-state index < -0.39 is 0 Å². The number of rotatable bonds is 7. The molecule has 2 atom stereocenters. The van der Waals surface area contributed by atoms with E-state index in [1.807, 2.05) is 20.0 Å². The molecule has 1 amide bonds. The Morgan fingerprint density at radius 2 is 2.25 bits per heavy atom. The van der Waals surface area contributed by atoms with Gasteiger partial charge in [0.05, 0.1) is 18.4 Å². The highest BCUT2D eigenvalue weighted by molar-refractivity contribution is 5.94. The highest BCUT2D eigenvalue weighted by Crippen LogP contribution is 2.21. The zero-order chi connectivity index (χ0) is 17.7. The van der Waals surface area contributed by atoms with Crippen molar-refractivity contribution in [1.82, 2.24) is 9.88 Å². The minimum absolute atomic E-state index is 0.0791. The summed E-state index contributed by atoms with van der Waals surface area (Å²) in [4.78, 5) is 18.8. The molecule has 1 aromatic heterocycles. The van der Waals surface area contributed by atoms with Crippen LogP contribution >= 0.6 is 0 Å². The molecular weight excluding hydrogens is 306 g/mol. The molecule has 1 N–H and O–H groups in total. The second kappa shape index (κ2) is 8.05. The van der Waals surface area contributed by atoms with Crippen molar-refractivity contribution in [3.8, 4) is 0 Å². The summed E-state index contributed by atoms with van der Waals surface area (Å²) in [6.45, 7) is 7.56. The van der Waals surface area contributed by atoms with Crippen LogP contribution in [0.25, 0.3) is 0 Å². The fourth-order valence-corrected chi connectivity index (χ4v) is 2.78. The lowest BCUT2D eigenvalue weighted by Crippen LogP contribution is -2.44. The van der Waals surface area contributed by atoms with E-state index in [1.54, 1.807) is 19.4 Å². The SMILES string of the molecule is COCC(C)(C)N(C)Cc1cc(NC(=O)C2CCC(C)O2)ccn1. The molecule has 134 valence electrons. The van der Waals surface area contributed by atoms with Gasteiger partial charge in [-0.2, -0.15) is 0 Å². The quantitative estimate of drug-likeness (QED) is 0.829. The van der Waals surface area contributed by atoms with Gasteiger partial charge in [0.25, 0.3) is 5.91 Å². The highest BCUT2D eigenvalue weighted by atomic mass is 16.5. The van der Waals surface area contributed by atoms with Crippen LogP contribution < -0.4 is 5.32 Å². The van der Waals surface area contributed by atoms with Gasteiger partial charge in [-0.3, -0.25) is 14.7 Å². The van der Waals surface area contributed by atoms with Gasteiger partial charge in [-0.05, 0) is 52.8 Å². The summed E-state index contributed by atoms with van der Waals surface area (Å²) < 4.78 is 10.9. The van der Waals surface area contributed by atoms with Gasteiger partial charge >= 0.3 is 0 Å². The summed E-state index contributed by atoms with van der Waals surface area (Å²) in [5.74, 6) is -0.0791. The third-order valence-corrected chi connectivity index (χ3v) is 4.54. The van der Waals surface area contributed by atoms with E-state index >= 15 is 0 Å². The van der Waals surface area contributed by atoms with Gasteiger partial charge in [-0.1, -0.05) is 0 Å². The first-order valence-corrected chi connectivity index (χ1v) is 8.43. The summed E-state index contributed by atoms with van der Waals surface area (Å²) in [5, 5.41) is 2.93. The van der Waals surface area contributed by atoms with Crippen molar-refractivity contribution in [2.75, 3.05) is 26.1 Å². The predicted molar refractivity (Wildman–Crippen MR) is 93.9 cm³/mol. The molecule has 0 saturated carbocycles. The number of carbonyl (C=O) groups is 1. The summed E-state index contributed by atoms with van der Waals surface area (Å²) in [6.07, 6.45) is 3.24. The van der Waals surface area contributed by atoms with Crippen LogP contribution in [0, 0.1) is 0 Å². The molecule has 1 aliphatic heterocycles. The molecule has 6 nitrogen and oxygen atoms in total. The van der Waals surface area contributed by atoms with E-state index in [0.717, 1.165) is 24.2 Å². The lowest BCUT2D eigenvalue weighted by Gasteiger charge is -2.34. The molecule has 0 spiro atoms. The Morgan fingerprint density at radius 3 is 2.88 bits per heavy atom. The highest BCUT2D eigenvalue weighted by Gasteiger charge is 2.28. The number of hydrogen-bond donors (Lipinski definition) is 1. The third-order valence-electron chi connectivity index (χ3n) is 4.54. The van der Waals surface area contributed by atoms with Crippen molar-refractivity contribution in [3.05, 3.63) is 24.0 Å². The minimum atomic E-state index is -0.347. The molecule has 0 aromatic carbocycles. The summed E-state index contributed by atoms with van der Waals surface area (Å²) in [6, 6.07) is 3.72. The number of nitrogens with one attached hydrogen (secondary N) is 1. The third kappa shape index (κ3) is 5.00. The van der Waals surface area contributed by atoms with Crippen molar-refractivity contribution >= 4 is 11.6 Å². The smallest absolute Gasteiger partial charge is 0.253 e. The second-order valence-corrected chi connectivity index (χ2v) is 7.14. The fraction of sp³-hybridized carbons (Fsp3) is 0.667. The molecule has 0 radical (unpaired) electrons. The van der Waals surface area contributed by atoms with Crippen molar-refractivity contribution in [3.63, 3.8) is 0 Å². The number of likely N-dealkylation sites (N-methyl/N-ethyl adjacent to an activating group) is 1. The van der Waals surface area contributed by atoms with Crippen LogP contribution in [0.3, 0.4) is 0 Å². The standard InChI is InChI=1S/C18H29N3O3/c1-13-6-7-16(24-13)17(22)20-14-8-9-19-15(10-14)11-21(4)18(2,3)12-23-5/h8-10,13,16H,6-7,11-12H2,1-5H3,(H,19,20,22). The molecule has 2 heterocycles. The van der Waals surface area contributed by atoms with Gasteiger partial charge in [0.15, 0.2) is 0 Å². The molecule has 1 fully saturated rings. The Labute approximate surface area is 144 Å². The van der Waals surface area contributed by atoms with Crippen LogP contribution in [0.2, 0.25) is 0 Å². The number of aromatic nitrogens is 1. The Balaban J connectivity index is 1.97. The van der Waals surface area contributed by atoms with Crippen molar-refractivity contribution < 1.29 is 14.3 Å². The summed E-state index contributed by atoms with van der Waals surface area (Å²) in [5.41, 5.74) is 1.56. The number of nitrogens with zero attached hydrogens (tertiary/aromatic N) is 2. The van der Waals surface area contributed by atoms with Crippen LogP contribution in [0.5, 0.6) is 0 Å². The number of ether oxygens (including phenoxy) is 2. The molecule has 1 aliphatic rings. The predicted octanol–water partition coefficient (Wildman–Crippen LogP) is 2.44. The average Bonchev–Trinajstić information content (AvgIpc) is 2.94. The van der Waals surface area contributed by atoms with E-state index in [9.17, 15) is 4.79 Å². The number of hydrogen-bond acceptors (Lipinski definition) is 5. The number of carbonyl (C=O) groups excluding carboxylic acids is 1. The molecule has 1 aromatic rings. The van der Waals surface area contributed by atoms with E-state index in [0.29, 0.717) is 13.2 Å². The van der Waals surface area contributed by atoms with Crippen LogP contribution in [-0.2, 0) is 20.8 Å². The molecule has 0 bridgehead atoms.